The third kappa shape index (κ3) is 5.66. The van der Waals surface area contributed by atoms with E-state index in [4.69, 9.17) is 10.00 Å². The predicted octanol–water partition coefficient (Wildman–Crippen LogP) is 0.563. The fourth-order valence-corrected chi connectivity index (χ4v) is 2.10. The lowest BCUT2D eigenvalue weighted by Gasteiger charge is -2.28. The summed E-state index contributed by atoms with van der Waals surface area (Å²) in [5, 5.41) is 14.2. The van der Waals surface area contributed by atoms with Crippen molar-refractivity contribution >= 4 is 5.91 Å². The molecule has 96 valence electrons. The van der Waals surface area contributed by atoms with Gasteiger partial charge in [-0.25, -0.2) is 0 Å². The minimum Gasteiger partial charge on any atom is -0.368 e. The Morgan fingerprint density at radius 3 is 2.71 bits per heavy atom. The first kappa shape index (κ1) is 13.9. The lowest BCUT2D eigenvalue weighted by atomic mass is 9.93. The van der Waals surface area contributed by atoms with E-state index in [1.165, 1.54) is 0 Å². The predicted molar refractivity (Wildman–Crippen MR) is 64.3 cm³/mol. The van der Waals surface area contributed by atoms with E-state index in [0.29, 0.717) is 6.04 Å². The van der Waals surface area contributed by atoms with E-state index < -0.39 is 0 Å². The van der Waals surface area contributed by atoms with E-state index in [9.17, 15) is 4.79 Å². The van der Waals surface area contributed by atoms with Gasteiger partial charge in [0.05, 0.1) is 12.2 Å². The number of nitrogens with one attached hydrogen (secondary N) is 2. The maximum atomic E-state index is 11.2. The second-order valence-corrected chi connectivity index (χ2v) is 4.28. The zero-order valence-corrected chi connectivity index (χ0v) is 10.4. The number of amides is 1. The second-order valence-electron chi connectivity index (χ2n) is 4.28. The standard InChI is InChI=1S/C12H21N3O2/c1-2-14-10-3-5-11(6-4-10)17-9-12(16)15-8-7-13/h10-11,14H,2-6,8-9H2,1H3,(H,15,16). The van der Waals surface area contributed by atoms with Crippen LogP contribution in [0.1, 0.15) is 32.6 Å². The van der Waals surface area contributed by atoms with Crippen molar-refractivity contribution < 1.29 is 9.53 Å². The van der Waals surface area contributed by atoms with Crippen molar-refractivity contribution in [3.05, 3.63) is 0 Å². The summed E-state index contributed by atoms with van der Waals surface area (Å²) in [6.45, 7) is 3.24. The van der Waals surface area contributed by atoms with Gasteiger partial charge >= 0.3 is 0 Å². The van der Waals surface area contributed by atoms with Gasteiger partial charge in [-0.2, -0.15) is 5.26 Å². The van der Waals surface area contributed by atoms with Crippen LogP contribution in [-0.4, -0.2) is 37.7 Å². The van der Waals surface area contributed by atoms with E-state index in [1.54, 1.807) is 0 Å². The fraction of sp³-hybridized carbons (Fsp3) is 0.833. The van der Waals surface area contributed by atoms with Crippen molar-refractivity contribution in [2.45, 2.75) is 44.8 Å². The Morgan fingerprint density at radius 2 is 2.12 bits per heavy atom. The zero-order chi connectivity index (χ0) is 12.5. The third-order valence-electron chi connectivity index (χ3n) is 2.98. The van der Waals surface area contributed by atoms with Crippen LogP contribution in [0.25, 0.3) is 0 Å². The van der Waals surface area contributed by atoms with Gasteiger partial charge in [-0.15, -0.1) is 0 Å². The molecule has 0 saturated heterocycles. The summed E-state index contributed by atoms with van der Waals surface area (Å²) in [5.74, 6) is -0.208. The molecule has 0 unspecified atom stereocenters. The van der Waals surface area contributed by atoms with Crippen LogP contribution in [0.2, 0.25) is 0 Å². The van der Waals surface area contributed by atoms with Gasteiger partial charge in [-0.1, -0.05) is 6.92 Å². The first-order valence-electron chi connectivity index (χ1n) is 6.25. The molecular weight excluding hydrogens is 218 g/mol. The van der Waals surface area contributed by atoms with Crippen molar-refractivity contribution in [3.63, 3.8) is 0 Å². The smallest absolute Gasteiger partial charge is 0.246 e. The lowest BCUT2D eigenvalue weighted by molar-refractivity contribution is -0.128. The van der Waals surface area contributed by atoms with Crippen LogP contribution in [0, 0.1) is 11.3 Å². The summed E-state index contributed by atoms with van der Waals surface area (Å²) < 4.78 is 5.52. The van der Waals surface area contributed by atoms with Crippen molar-refractivity contribution in [2.75, 3.05) is 19.7 Å². The molecule has 5 heteroatoms. The molecule has 0 heterocycles. The van der Waals surface area contributed by atoms with Crippen molar-refractivity contribution in [1.82, 2.24) is 10.6 Å². The van der Waals surface area contributed by atoms with E-state index in [-0.39, 0.29) is 25.2 Å². The summed E-state index contributed by atoms with van der Waals surface area (Å²) in [4.78, 5) is 11.2. The minimum absolute atomic E-state index is 0.0509. The molecule has 17 heavy (non-hydrogen) atoms. The van der Waals surface area contributed by atoms with Crippen LogP contribution >= 0.6 is 0 Å². The molecule has 1 rings (SSSR count). The Kier molecular flexibility index (Phi) is 6.60. The van der Waals surface area contributed by atoms with E-state index in [0.717, 1.165) is 32.2 Å². The van der Waals surface area contributed by atoms with Crippen molar-refractivity contribution in [2.24, 2.45) is 0 Å². The highest BCUT2D eigenvalue weighted by atomic mass is 16.5. The van der Waals surface area contributed by atoms with Gasteiger partial charge in [-0.3, -0.25) is 4.79 Å². The fourth-order valence-electron chi connectivity index (χ4n) is 2.10. The molecule has 0 radical (unpaired) electrons. The Labute approximate surface area is 103 Å². The average molecular weight is 239 g/mol. The van der Waals surface area contributed by atoms with Gasteiger partial charge in [0, 0.05) is 6.04 Å². The monoisotopic (exact) mass is 239 g/mol. The number of nitrogens with zero attached hydrogens (tertiary/aromatic N) is 1. The van der Waals surface area contributed by atoms with Gasteiger partial charge in [0.25, 0.3) is 0 Å². The number of carbonyl (C=O) groups is 1. The van der Waals surface area contributed by atoms with Crippen LogP contribution in [0.15, 0.2) is 0 Å². The molecule has 0 aromatic heterocycles. The van der Waals surface area contributed by atoms with Gasteiger partial charge < -0.3 is 15.4 Å². The van der Waals surface area contributed by atoms with Crippen LogP contribution < -0.4 is 10.6 Å². The Morgan fingerprint density at radius 1 is 1.41 bits per heavy atom. The molecule has 1 fully saturated rings. The SMILES string of the molecule is CCNC1CCC(OCC(=O)NCC#N)CC1. The van der Waals surface area contributed by atoms with E-state index >= 15 is 0 Å². The second kappa shape index (κ2) is 8.04. The summed E-state index contributed by atoms with van der Waals surface area (Å²) in [5.41, 5.74) is 0. The number of ether oxygens (including phenoxy) is 1. The van der Waals surface area contributed by atoms with E-state index in [2.05, 4.69) is 17.6 Å². The summed E-state index contributed by atoms with van der Waals surface area (Å²) in [6.07, 6.45) is 4.42. The van der Waals surface area contributed by atoms with Crippen molar-refractivity contribution in [3.8, 4) is 6.07 Å². The Hall–Kier alpha value is -1.12. The zero-order valence-electron chi connectivity index (χ0n) is 10.4. The number of rotatable bonds is 6. The number of nitriles is 1. The summed E-state index contributed by atoms with van der Waals surface area (Å²) >= 11 is 0. The minimum atomic E-state index is -0.208. The highest BCUT2D eigenvalue weighted by molar-refractivity contribution is 5.77. The lowest BCUT2D eigenvalue weighted by Crippen LogP contribution is -2.36. The van der Waals surface area contributed by atoms with Crippen LogP contribution in [-0.2, 0) is 9.53 Å². The topological polar surface area (TPSA) is 74.2 Å². The molecule has 1 saturated carbocycles. The van der Waals surface area contributed by atoms with Gasteiger partial charge in [0.15, 0.2) is 0 Å². The molecule has 2 N–H and O–H groups in total. The molecule has 0 bridgehead atoms. The highest BCUT2D eigenvalue weighted by Gasteiger charge is 2.21. The molecule has 0 spiro atoms. The van der Waals surface area contributed by atoms with Crippen LogP contribution in [0.4, 0.5) is 0 Å². The Bertz CT molecular complexity index is 267. The Balaban J connectivity index is 2.10. The quantitative estimate of drug-likeness (QED) is 0.664. The van der Waals surface area contributed by atoms with Crippen LogP contribution in [0.5, 0.6) is 0 Å². The normalized spacial score (nSPS) is 24.0. The number of carbonyl (C=O) groups excluding carboxylic acids is 1. The summed E-state index contributed by atoms with van der Waals surface area (Å²) in [6, 6.07) is 2.46. The molecule has 1 amide bonds. The molecular formula is C12H21N3O2. The highest BCUT2D eigenvalue weighted by Crippen LogP contribution is 2.20. The molecule has 0 aromatic carbocycles. The molecule has 1 aliphatic rings. The molecule has 5 nitrogen and oxygen atoms in total. The number of hydrogen-bond acceptors (Lipinski definition) is 4. The maximum Gasteiger partial charge on any atom is 0.246 e. The molecule has 0 aliphatic heterocycles. The molecule has 1 aliphatic carbocycles. The van der Waals surface area contributed by atoms with Gasteiger partial charge in [0.2, 0.25) is 5.91 Å². The number of hydrogen-bond donors (Lipinski definition) is 2. The average Bonchev–Trinajstić information content (AvgIpc) is 2.36. The van der Waals surface area contributed by atoms with E-state index in [1.807, 2.05) is 6.07 Å². The largest absolute Gasteiger partial charge is 0.368 e. The van der Waals surface area contributed by atoms with Crippen LogP contribution in [0.3, 0.4) is 0 Å². The third-order valence-corrected chi connectivity index (χ3v) is 2.98. The molecule has 0 atom stereocenters. The summed E-state index contributed by atoms with van der Waals surface area (Å²) in [7, 11) is 0. The molecule has 0 aromatic rings. The maximum absolute atomic E-state index is 11.2. The van der Waals surface area contributed by atoms with Gasteiger partial charge in [0.1, 0.15) is 13.2 Å². The first-order valence-corrected chi connectivity index (χ1v) is 6.25. The van der Waals surface area contributed by atoms with Crippen molar-refractivity contribution in [1.29, 1.82) is 5.26 Å². The first-order chi connectivity index (χ1) is 8.26. The van der Waals surface area contributed by atoms with Gasteiger partial charge in [-0.05, 0) is 32.2 Å².